The van der Waals surface area contributed by atoms with E-state index in [1.807, 2.05) is 25.1 Å². The van der Waals surface area contributed by atoms with Gasteiger partial charge in [-0.25, -0.2) is 0 Å². The van der Waals surface area contributed by atoms with Crippen LogP contribution in [-0.2, 0) is 6.42 Å². The Labute approximate surface area is 144 Å². The normalized spacial score (nSPS) is 13.7. The van der Waals surface area contributed by atoms with Crippen molar-refractivity contribution in [1.82, 2.24) is 15.3 Å². The summed E-state index contributed by atoms with van der Waals surface area (Å²) in [5.74, 6) is -0.417. The van der Waals surface area contributed by atoms with Crippen molar-refractivity contribution in [2.24, 2.45) is 0 Å². The van der Waals surface area contributed by atoms with Crippen LogP contribution in [0.5, 0.6) is 0 Å². The number of ketones is 2. The van der Waals surface area contributed by atoms with E-state index in [1.54, 1.807) is 12.1 Å². The third-order valence-corrected chi connectivity index (χ3v) is 4.53. The predicted octanol–water partition coefficient (Wildman–Crippen LogP) is 2.97. The summed E-state index contributed by atoms with van der Waals surface area (Å²) < 4.78 is 0. The third-order valence-electron chi connectivity index (χ3n) is 4.53. The number of hydrogen-bond acceptors (Lipinski definition) is 4. The SMILES string of the molecule is Cc1[nH]c2ccccc2c1CCNC1=CC(=O)c2cccnc2C1=O. The van der Waals surface area contributed by atoms with Gasteiger partial charge in [-0.15, -0.1) is 0 Å². The van der Waals surface area contributed by atoms with Crippen LogP contribution in [0.3, 0.4) is 0 Å². The number of aromatic amines is 1. The molecule has 0 aliphatic heterocycles. The number of pyridine rings is 1. The summed E-state index contributed by atoms with van der Waals surface area (Å²) >= 11 is 0. The van der Waals surface area contributed by atoms with Crippen molar-refractivity contribution in [3.63, 3.8) is 0 Å². The Bertz CT molecular complexity index is 1030. The van der Waals surface area contributed by atoms with Crippen molar-refractivity contribution in [2.75, 3.05) is 6.54 Å². The van der Waals surface area contributed by atoms with Gasteiger partial charge >= 0.3 is 0 Å². The first-order valence-corrected chi connectivity index (χ1v) is 8.21. The lowest BCUT2D eigenvalue weighted by molar-refractivity contribution is 0.0974. The van der Waals surface area contributed by atoms with Gasteiger partial charge in [0.1, 0.15) is 5.69 Å². The maximum atomic E-state index is 12.5. The lowest BCUT2D eigenvalue weighted by Gasteiger charge is -2.15. The summed E-state index contributed by atoms with van der Waals surface area (Å²) in [7, 11) is 0. The molecule has 5 nitrogen and oxygen atoms in total. The second kappa shape index (κ2) is 6.02. The van der Waals surface area contributed by atoms with Crippen LogP contribution in [0.15, 0.2) is 54.4 Å². The van der Waals surface area contributed by atoms with E-state index in [9.17, 15) is 9.59 Å². The number of para-hydroxylation sites is 1. The van der Waals surface area contributed by atoms with E-state index in [0.29, 0.717) is 17.8 Å². The zero-order valence-corrected chi connectivity index (χ0v) is 13.8. The molecule has 0 radical (unpaired) electrons. The van der Waals surface area contributed by atoms with Crippen molar-refractivity contribution in [2.45, 2.75) is 13.3 Å². The fourth-order valence-corrected chi connectivity index (χ4v) is 3.30. The molecular formula is C20H17N3O2. The van der Waals surface area contributed by atoms with Crippen LogP contribution < -0.4 is 5.32 Å². The van der Waals surface area contributed by atoms with E-state index in [-0.39, 0.29) is 17.3 Å². The molecule has 2 heterocycles. The third kappa shape index (κ3) is 2.63. The van der Waals surface area contributed by atoms with Crippen LogP contribution in [0, 0.1) is 6.92 Å². The van der Waals surface area contributed by atoms with Gasteiger partial charge < -0.3 is 10.3 Å². The highest BCUT2D eigenvalue weighted by Crippen LogP contribution is 2.22. The minimum absolute atomic E-state index is 0.187. The summed E-state index contributed by atoms with van der Waals surface area (Å²) in [5.41, 5.74) is 4.35. The summed E-state index contributed by atoms with van der Waals surface area (Å²) in [6.45, 7) is 2.61. The van der Waals surface area contributed by atoms with E-state index in [2.05, 4.69) is 21.4 Å². The molecule has 3 aromatic rings. The average molecular weight is 331 g/mol. The molecule has 0 unspecified atom stereocenters. The number of nitrogens with one attached hydrogen (secondary N) is 2. The summed E-state index contributed by atoms with van der Waals surface area (Å²) in [6.07, 6.45) is 3.65. The molecule has 0 saturated carbocycles. The molecule has 0 saturated heterocycles. The molecule has 5 heteroatoms. The summed E-state index contributed by atoms with van der Waals surface area (Å²) in [5, 5.41) is 4.30. The molecule has 124 valence electrons. The summed E-state index contributed by atoms with van der Waals surface area (Å²) in [6, 6.07) is 11.4. The number of hydrogen-bond donors (Lipinski definition) is 2. The number of aryl methyl sites for hydroxylation is 1. The lowest BCUT2D eigenvalue weighted by Crippen LogP contribution is -2.29. The first-order chi connectivity index (χ1) is 12.1. The highest BCUT2D eigenvalue weighted by Gasteiger charge is 2.26. The number of carbonyl (C=O) groups is 2. The monoisotopic (exact) mass is 331 g/mol. The van der Waals surface area contributed by atoms with E-state index < -0.39 is 0 Å². The molecule has 2 aromatic heterocycles. The number of aromatic nitrogens is 2. The van der Waals surface area contributed by atoms with Crippen LogP contribution in [0.2, 0.25) is 0 Å². The van der Waals surface area contributed by atoms with E-state index in [4.69, 9.17) is 0 Å². The fourth-order valence-electron chi connectivity index (χ4n) is 3.30. The number of rotatable bonds is 4. The second-order valence-corrected chi connectivity index (χ2v) is 6.10. The number of carbonyl (C=O) groups excluding carboxylic acids is 2. The molecule has 2 N–H and O–H groups in total. The van der Waals surface area contributed by atoms with Gasteiger partial charge in [-0.1, -0.05) is 18.2 Å². The van der Waals surface area contributed by atoms with Crippen molar-refractivity contribution >= 4 is 22.5 Å². The molecule has 0 amide bonds. The number of benzene rings is 1. The largest absolute Gasteiger partial charge is 0.381 e. The molecule has 1 aliphatic rings. The number of fused-ring (bicyclic) bond motifs is 2. The van der Waals surface area contributed by atoms with Gasteiger partial charge in [0.25, 0.3) is 0 Å². The smallest absolute Gasteiger partial charge is 0.228 e. The minimum atomic E-state index is -0.231. The van der Waals surface area contributed by atoms with Crippen LogP contribution in [0.4, 0.5) is 0 Å². The molecular weight excluding hydrogens is 314 g/mol. The minimum Gasteiger partial charge on any atom is -0.381 e. The Balaban J connectivity index is 1.51. The number of allylic oxidation sites excluding steroid dienone is 2. The zero-order valence-electron chi connectivity index (χ0n) is 13.8. The topological polar surface area (TPSA) is 74.8 Å². The van der Waals surface area contributed by atoms with Gasteiger partial charge in [0, 0.05) is 35.4 Å². The predicted molar refractivity (Wildman–Crippen MR) is 95.7 cm³/mol. The zero-order chi connectivity index (χ0) is 17.4. The molecule has 0 bridgehead atoms. The van der Waals surface area contributed by atoms with Gasteiger partial charge in [0.2, 0.25) is 5.78 Å². The van der Waals surface area contributed by atoms with Crippen LogP contribution in [-0.4, -0.2) is 28.1 Å². The van der Waals surface area contributed by atoms with Crippen molar-refractivity contribution in [1.29, 1.82) is 0 Å². The maximum absolute atomic E-state index is 12.5. The van der Waals surface area contributed by atoms with Gasteiger partial charge in [-0.3, -0.25) is 14.6 Å². The van der Waals surface area contributed by atoms with E-state index in [0.717, 1.165) is 17.6 Å². The molecule has 0 fully saturated rings. The molecule has 0 atom stereocenters. The van der Waals surface area contributed by atoms with Crippen LogP contribution in [0.1, 0.15) is 32.1 Å². The van der Waals surface area contributed by atoms with Gasteiger partial charge in [-0.05, 0) is 37.1 Å². The Morgan fingerprint density at radius 2 is 1.96 bits per heavy atom. The fraction of sp³-hybridized carbons (Fsp3) is 0.150. The molecule has 4 rings (SSSR count). The lowest BCUT2D eigenvalue weighted by atomic mass is 9.97. The maximum Gasteiger partial charge on any atom is 0.228 e. The first-order valence-electron chi connectivity index (χ1n) is 8.21. The van der Waals surface area contributed by atoms with Crippen LogP contribution in [0.25, 0.3) is 10.9 Å². The van der Waals surface area contributed by atoms with E-state index in [1.165, 1.54) is 23.2 Å². The quantitative estimate of drug-likeness (QED) is 0.771. The Hall–Kier alpha value is -3.21. The molecule has 1 aliphatic carbocycles. The Morgan fingerprint density at radius 1 is 1.12 bits per heavy atom. The molecule has 1 aromatic carbocycles. The highest BCUT2D eigenvalue weighted by atomic mass is 16.1. The number of nitrogens with zero attached hydrogens (tertiary/aromatic N) is 1. The van der Waals surface area contributed by atoms with Crippen molar-refractivity contribution in [3.05, 3.63) is 76.9 Å². The van der Waals surface area contributed by atoms with Gasteiger partial charge in [0.05, 0.1) is 11.3 Å². The Kier molecular flexibility index (Phi) is 3.69. The molecule has 25 heavy (non-hydrogen) atoms. The van der Waals surface area contributed by atoms with Crippen molar-refractivity contribution in [3.8, 4) is 0 Å². The second-order valence-electron chi connectivity index (χ2n) is 6.10. The highest BCUT2D eigenvalue weighted by molar-refractivity contribution is 6.23. The van der Waals surface area contributed by atoms with E-state index >= 15 is 0 Å². The molecule has 0 spiro atoms. The van der Waals surface area contributed by atoms with Crippen LogP contribution >= 0.6 is 0 Å². The Morgan fingerprint density at radius 3 is 2.84 bits per heavy atom. The number of H-pyrrole nitrogens is 1. The summed E-state index contributed by atoms with van der Waals surface area (Å²) in [4.78, 5) is 32.1. The van der Waals surface area contributed by atoms with Gasteiger partial charge in [-0.2, -0.15) is 0 Å². The van der Waals surface area contributed by atoms with Gasteiger partial charge in [0.15, 0.2) is 5.78 Å². The van der Waals surface area contributed by atoms with Crippen molar-refractivity contribution < 1.29 is 9.59 Å². The standard InChI is InChI=1S/C20H17N3O2/c1-12-13(14-5-2-3-7-16(14)23-12)8-10-21-17-11-18(24)15-6-4-9-22-19(15)20(17)25/h2-7,9,11,21,23H,8,10H2,1H3. The number of Topliss-reactive ketones (excluding diaryl/α,β-unsaturated/α-hetero) is 1. The first kappa shape index (κ1) is 15.3. The average Bonchev–Trinajstić information content (AvgIpc) is 2.95.